The number of nitrogens with zero attached hydrogens (tertiary/aromatic N) is 4. The van der Waals surface area contributed by atoms with Crippen LogP contribution in [0.4, 0.5) is 0 Å². The molecule has 1 aliphatic heterocycles. The average Bonchev–Trinajstić information content (AvgIpc) is 3.04. The van der Waals surface area contributed by atoms with Gasteiger partial charge in [0.05, 0.1) is 13.2 Å². The molecule has 2 aromatic heterocycles. The lowest BCUT2D eigenvalue weighted by atomic mass is 10.1. The zero-order chi connectivity index (χ0) is 14.8. The van der Waals surface area contributed by atoms with Crippen molar-refractivity contribution in [1.29, 1.82) is 0 Å². The van der Waals surface area contributed by atoms with Gasteiger partial charge in [-0.2, -0.15) is 0 Å². The van der Waals surface area contributed by atoms with Crippen molar-refractivity contribution in [1.82, 2.24) is 19.6 Å². The first-order chi connectivity index (χ1) is 10.2. The predicted octanol–water partition coefficient (Wildman–Crippen LogP) is 1.10. The third-order valence-corrected chi connectivity index (χ3v) is 3.60. The van der Waals surface area contributed by atoms with E-state index in [1.54, 1.807) is 31.2 Å². The molecule has 2 aromatic rings. The summed E-state index contributed by atoms with van der Waals surface area (Å²) in [7, 11) is 1.67. The van der Waals surface area contributed by atoms with Gasteiger partial charge < -0.3 is 18.7 Å². The van der Waals surface area contributed by atoms with Crippen LogP contribution in [-0.2, 0) is 17.8 Å². The number of methoxy groups -OCH3 is 1. The highest BCUT2D eigenvalue weighted by molar-refractivity contribution is 5.92. The minimum absolute atomic E-state index is 0.135. The summed E-state index contributed by atoms with van der Waals surface area (Å²) >= 11 is 0. The van der Waals surface area contributed by atoms with Crippen molar-refractivity contribution in [3.63, 3.8) is 0 Å². The van der Waals surface area contributed by atoms with Crippen LogP contribution in [0, 0.1) is 12.8 Å². The second kappa shape index (κ2) is 5.69. The highest BCUT2D eigenvalue weighted by atomic mass is 16.5. The summed E-state index contributed by atoms with van der Waals surface area (Å²) < 4.78 is 12.3. The van der Waals surface area contributed by atoms with Crippen LogP contribution in [-0.4, -0.2) is 45.8 Å². The summed E-state index contributed by atoms with van der Waals surface area (Å²) in [4.78, 5) is 18.7. The lowest BCUT2D eigenvalue weighted by Crippen LogP contribution is -2.35. The lowest BCUT2D eigenvalue weighted by molar-refractivity contribution is 0.0656. The van der Waals surface area contributed by atoms with Gasteiger partial charge in [-0.3, -0.25) is 4.79 Å². The molecule has 0 spiro atoms. The number of aromatic nitrogens is 3. The van der Waals surface area contributed by atoms with Gasteiger partial charge in [-0.05, 0) is 6.92 Å². The van der Waals surface area contributed by atoms with Crippen LogP contribution in [0.25, 0.3) is 0 Å². The Morgan fingerprint density at radius 2 is 2.38 bits per heavy atom. The van der Waals surface area contributed by atoms with Gasteiger partial charge in [0.2, 0.25) is 0 Å². The molecule has 1 atom stereocenters. The van der Waals surface area contributed by atoms with E-state index in [0.29, 0.717) is 31.2 Å². The zero-order valence-corrected chi connectivity index (χ0v) is 12.2. The van der Waals surface area contributed by atoms with Gasteiger partial charge in [-0.1, -0.05) is 5.16 Å². The van der Waals surface area contributed by atoms with Crippen molar-refractivity contribution >= 4 is 5.91 Å². The fraction of sp³-hybridized carbons (Fsp3) is 0.500. The van der Waals surface area contributed by atoms with Crippen LogP contribution in [0.2, 0.25) is 0 Å². The molecule has 0 saturated carbocycles. The van der Waals surface area contributed by atoms with Gasteiger partial charge in [-0.15, -0.1) is 0 Å². The summed E-state index contributed by atoms with van der Waals surface area (Å²) in [6, 6.07) is 1.66. The fourth-order valence-corrected chi connectivity index (χ4v) is 2.67. The molecule has 7 nitrogen and oxygen atoms in total. The van der Waals surface area contributed by atoms with E-state index in [-0.39, 0.29) is 11.8 Å². The van der Waals surface area contributed by atoms with Crippen LogP contribution < -0.4 is 0 Å². The summed E-state index contributed by atoms with van der Waals surface area (Å²) in [6.45, 7) is 4.25. The normalized spacial score (nSPS) is 18.4. The minimum atomic E-state index is -0.135. The summed E-state index contributed by atoms with van der Waals surface area (Å²) in [6.07, 6.45) is 3.69. The Morgan fingerprint density at radius 1 is 1.52 bits per heavy atom. The highest BCUT2D eigenvalue weighted by Crippen LogP contribution is 2.18. The van der Waals surface area contributed by atoms with Crippen LogP contribution in [0.5, 0.6) is 0 Å². The molecule has 7 heteroatoms. The van der Waals surface area contributed by atoms with E-state index in [0.717, 1.165) is 12.4 Å². The molecular formula is C14H18N4O3. The maximum Gasteiger partial charge on any atom is 0.276 e. The third-order valence-electron chi connectivity index (χ3n) is 3.60. The van der Waals surface area contributed by atoms with Crippen LogP contribution in [0.15, 0.2) is 23.0 Å². The molecule has 0 radical (unpaired) electrons. The first-order valence-corrected chi connectivity index (χ1v) is 6.89. The topological polar surface area (TPSA) is 73.4 Å². The molecule has 0 bridgehead atoms. The van der Waals surface area contributed by atoms with Gasteiger partial charge in [0.25, 0.3) is 5.91 Å². The predicted molar refractivity (Wildman–Crippen MR) is 73.6 cm³/mol. The number of hydrogen-bond donors (Lipinski definition) is 0. The minimum Gasteiger partial charge on any atom is -0.384 e. The summed E-state index contributed by atoms with van der Waals surface area (Å²) in [5, 5.41) is 3.81. The van der Waals surface area contributed by atoms with E-state index >= 15 is 0 Å². The Labute approximate surface area is 122 Å². The highest BCUT2D eigenvalue weighted by Gasteiger charge is 2.27. The molecular weight excluding hydrogens is 272 g/mol. The zero-order valence-electron chi connectivity index (χ0n) is 12.2. The van der Waals surface area contributed by atoms with E-state index in [2.05, 4.69) is 14.7 Å². The van der Waals surface area contributed by atoms with Crippen LogP contribution in [0.3, 0.4) is 0 Å². The molecule has 1 amide bonds. The molecule has 112 valence electrons. The Balaban J connectivity index is 1.85. The Morgan fingerprint density at radius 3 is 3.10 bits per heavy atom. The van der Waals surface area contributed by atoms with Crippen LogP contribution in [0.1, 0.15) is 22.1 Å². The first kappa shape index (κ1) is 13.8. The maximum atomic E-state index is 12.6. The smallest absolute Gasteiger partial charge is 0.276 e. The molecule has 1 unspecified atom stereocenters. The number of carbonyl (C=O) groups excluding carboxylic acids is 1. The molecule has 0 fully saturated rings. The molecule has 0 aliphatic carbocycles. The van der Waals surface area contributed by atoms with Gasteiger partial charge in [0.1, 0.15) is 11.6 Å². The Kier molecular flexibility index (Phi) is 3.74. The monoisotopic (exact) mass is 290 g/mol. The van der Waals surface area contributed by atoms with Crippen molar-refractivity contribution in [2.75, 3.05) is 20.3 Å². The number of ether oxygens (including phenoxy) is 1. The number of aryl methyl sites for hydroxylation is 1. The quantitative estimate of drug-likeness (QED) is 0.846. The van der Waals surface area contributed by atoms with Crippen LogP contribution >= 0.6 is 0 Å². The maximum absolute atomic E-state index is 12.6. The molecule has 0 N–H and O–H groups in total. The SMILES string of the molecule is COCC1CN(C(=O)c2cc(C)on2)Cc2nccn2C1. The van der Waals surface area contributed by atoms with Gasteiger partial charge in [0.15, 0.2) is 5.69 Å². The van der Waals surface area contributed by atoms with Crippen molar-refractivity contribution in [3.8, 4) is 0 Å². The molecule has 1 aliphatic rings. The molecule has 3 heterocycles. The van der Waals surface area contributed by atoms with Crippen molar-refractivity contribution < 1.29 is 14.1 Å². The van der Waals surface area contributed by atoms with Gasteiger partial charge in [-0.25, -0.2) is 4.98 Å². The van der Waals surface area contributed by atoms with Gasteiger partial charge >= 0.3 is 0 Å². The third kappa shape index (κ3) is 2.82. The van der Waals surface area contributed by atoms with Crippen molar-refractivity contribution in [2.24, 2.45) is 5.92 Å². The van der Waals surface area contributed by atoms with E-state index < -0.39 is 0 Å². The van der Waals surface area contributed by atoms with E-state index in [9.17, 15) is 4.79 Å². The molecule has 0 aromatic carbocycles. The number of fused-ring (bicyclic) bond motifs is 1. The number of rotatable bonds is 3. The lowest BCUT2D eigenvalue weighted by Gasteiger charge is -2.22. The number of amides is 1. The molecule has 0 saturated heterocycles. The molecule has 21 heavy (non-hydrogen) atoms. The number of carbonyl (C=O) groups is 1. The Hall–Kier alpha value is -2.15. The number of imidazole rings is 1. The standard InChI is InChI=1S/C14H18N4O3/c1-10-5-12(16-21-10)14(19)18-7-11(9-20-2)6-17-4-3-15-13(17)8-18/h3-5,11H,6-9H2,1-2H3. The second-order valence-corrected chi connectivity index (χ2v) is 5.33. The van der Waals surface area contributed by atoms with E-state index in [1.165, 1.54) is 0 Å². The van der Waals surface area contributed by atoms with Crippen molar-refractivity contribution in [2.45, 2.75) is 20.0 Å². The van der Waals surface area contributed by atoms with Gasteiger partial charge in [0, 0.05) is 44.6 Å². The number of hydrogen-bond acceptors (Lipinski definition) is 5. The second-order valence-electron chi connectivity index (χ2n) is 5.33. The van der Waals surface area contributed by atoms with E-state index in [4.69, 9.17) is 9.26 Å². The first-order valence-electron chi connectivity index (χ1n) is 6.89. The average molecular weight is 290 g/mol. The Bertz CT molecular complexity index is 634. The largest absolute Gasteiger partial charge is 0.384 e. The summed E-state index contributed by atoms with van der Waals surface area (Å²) in [5.74, 6) is 1.59. The molecule has 3 rings (SSSR count). The fourth-order valence-electron chi connectivity index (χ4n) is 2.67. The summed E-state index contributed by atoms with van der Waals surface area (Å²) in [5.41, 5.74) is 0.337. The van der Waals surface area contributed by atoms with Crippen molar-refractivity contribution in [3.05, 3.63) is 35.7 Å². The van der Waals surface area contributed by atoms with E-state index in [1.807, 2.05) is 6.20 Å².